The van der Waals surface area contributed by atoms with Crippen molar-refractivity contribution >= 4 is 5.91 Å². The van der Waals surface area contributed by atoms with Crippen molar-refractivity contribution in [1.29, 1.82) is 0 Å². The summed E-state index contributed by atoms with van der Waals surface area (Å²) >= 11 is 0. The van der Waals surface area contributed by atoms with Gasteiger partial charge in [0.15, 0.2) is 0 Å². The van der Waals surface area contributed by atoms with Gasteiger partial charge in [-0.25, -0.2) is 0 Å². The predicted octanol–water partition coefficient (Wildman–Crippen LogP) is 2.63. The summed E-state index contributed by atoms with van der Waals surface area (Å²) in [5.74, 6) is 1.58. The molecule has 0 bridgehead atoms. The third-order valence-corrected chi connectivity index (χ3v) is 3.32. The Morgan fingerprint density at radius 1 is 1.00 bits per heavy atom. The Labute approximate surface area is 98.0 Å². The van der Waals surface area contributed by atoms with Crippen LogP contribution in [0.15, 0.2) is 42.5 Å². The van der Waals surface area contributed by atoms with Crippen LogP contribution in [0.4, 0.5) is 0 Å². The highest BCUT2D eigenvalue weighted by molar-refractivity contribution is 6.01. The number of carbonyl (C=O) groups is 1. The summed E-state index contributed by atoms with van der Waals surface area (Å²) in [5, 5.41) is 3.00. The molecule has 1 N–H and O–H groups in total. The number of amides is 1. The lowest BCUT2D eigenvalue weighted by Gasteiger charge is -2.24. The van der Waals surface area contributed by atoms with Gasteiger partial charge in [0, 0.05) is 16.7 Å². The minimum atomic E-state index is -0.0568. The van der Waals surface area contributed by atoms with Crippen LogP contribution >= 0.6 is 0 Å². The lowest BCUT2D eigenvalue weighted by Crippen LogP contribution is -2.21. The molecular weight excluding hydrogens is 214 g/mol. The molecule has 0 fully saturated rings. The highest BCUT2D eigenvalue weighted by Gasteiger charge is 2.37. The molecule has 0 spiro atoms. The molecule has 2 aliphatic rings. The van der Waals surface area contributed by atoms with Gasteiger partial charge in [-0.05, 0) is 18.2 Å². The van der Waals surface area contributed by atoms with E-state index in [1.165, 1.54) is 0 Å². The first-order valence-electron chi connectivity index (χ1n) is 5.55. The zero-order valence-corrected chi connectivity index (χ0v) is 8.94. The van der Waals surface area contributed by atoms with Crippen LogP contribution in [0, 0.1) is 0 Å². The molecular formula is C14H9NO2. The summed E-state index contributed by atoms with van der Waals surface area (Å²) in [6, 6.07) is 13.3. The van der Waals surface area contributed by atoms with Crippen LogP contribution < -0.4 is 10.1 Å². The normalized spacial score (nSPS) is 19.1. The van der Waals surface area contributed by atoms with E-state index in [1.807, 2.05) is 42.5 Å². The zero-order chi connectivity index (χ0) is 11.4. The Morgan fingerprint density at radius 3 is 2.76 bits per heavy atom. The summed E-state index contributed by atoms with van der Waals surface area (Å²) in [4.78, 5) is 11.9. The largest absolute Gasteiger partial charge is 0.457 e. The molecule has 3 heteroatoms. The summed E-state index contributed by atoms with van der Waals surface area (Å²) in [6.45, 7) is 0. The number of hydrogen-bond donors (Lipinski definition) is 1. The third kappa shape index (κ3) is 1.03. The molecule has 1 amide bonds. The molecule has 82 valence electrons. The summed E-state index contributed by atoms with van der Waals surface area (Å²) < 4.78 is 5.82. The summed E-state index contributed by atoms with van der Waals surface area (Å²) in [7, 11) is 0. The first-order valence-corrected chi connectivity index (χ1v) is 5.55. The molecule has 0 aliphatic carbocycles. The Hall–Kier alpha value is -2.29. The number of benzene rings is 2. The fraction of sp³-hybridized carbons (Fsp3) is 0.0714. The second-order valence-electron chi connectivity index (χ2n) is 4.26. The standard InChI is InChI=1S/C14H9NO2/c16-14-9-5-3-7-11-12(9)13(15-14)8-4-1-2-6-10(8)17-11/h1-7,13H,(H,15,16). The van der Waals surface area contributed by atoms with E-state index in [-0.39, 0.29) is 11.9 Å². The van der Waals surface area contributed by atoms with Gasteiger partial charge in [0.2, 0.25) is 0 Å². The highest BCUT2D eigenvalue weighted by Crippen LogP contribution is 2.46. The van der Waals surface area contributed by atoms with E-state index in [0.717, 1.165) is 28.2 Å². The van der Waals surface area contributed by atoms with Gasteiger partial charge in [0.25, 0.3) is 5.91 Å². The van der Waals surface area contributed by atoms with E-state index in [1.54, 1.807) is 0 Å². The molecule has 0 saturated heterocycles. The molecule has 2 heterocycles. The molecule has 0 saturated carbocycles. The quantitative estimate of drug-likeness (QED) is 0.745. The van der Waals surface area contributed by atoms with Crippen LogP contribution in [0.25, 0.3) is 0 Å². The lowest BCUT2D eigenvalue weighted by molar-refractivity contribution is 0.0960. The molecule has 2 aliphatic heterocycles. The van der Waals surface area contributed by atoms with Crippen molar-refractivity contribution in [2.75, 3.05) is 0 Å². The van der Waals surface area contributed by atoms with Gasteiger partial charge in [-0.3, -0.25) is 4.79 Å². The van der Waals surface area contributed by atoms with E-state index < -0.39 is 0 Å². The van der Waals surface area contributed by atoms with Crippen LogP contribution in [0.2, 0.25) is 0 Å². The van der Waals surface area contributed by atoms with Crippen molar-refractivity contribution in [3.05, 3.63) is 59.2 Å². The van der Waals surface area contributed by atoms with E-state index in [0.29, 0.717) is 0 Å². The maximum Gasteiger partial charge on any atom is 0.252 e. The van der Waals surface area contributed by atoms with Crippen LogP contribution in [0.1, 0.15) is 27.5 Å². The van der Waals surface area contributed by atoms with Crippen LogP contribution in [0.3, 0.4) is 0 Å². The Kier molecular flexibility index (Phi) is 1.50. The molecule has 0 radical (unpaired) electrons. The monoisotopic (exact) mass is 223 g/mol. The average Bonchev–Trinajstić information content (AvgIpc) is 2.70. The SMILES string of the molecule is O=C1NC2c3ccccc3Oc3cccc1c32. The topological polar surface area (TPSA) is 38.3 Å². The third-order valence-electron chi connectivity index (χ3n) is 3.32. The smallest absolute Gasteiger partial charge is 0.252 e. The zero-order valence-electron chi connectivity index (χ0n) is 8.94. The summed E-state index contributed by atoms with van der Waals surface area (Å²) in [6.07, 6.45) is 0. The lowest BCUT2D eigenvalue weighted by atomic mass is 9.94. The van der Waals surface area contributed by atoms with Gasteiger partial charge >= 0.3 is 0 Å². The molecule has 2 aromatic carbocycles. The molecule has 17 heavy (non-hydrogen) atoms. The van der Waals surface area contributed by atoms with Gasteiger partial charge in [0.1, 0.15) is 11.5 Å². The molecule has 0 aromatic heterocycles. The van der Waals surface area contributed by atoms with Crippen LogP contribution in [-0.4, -0.2) is 5.91 Å². The van der Waals surface area contributed by atoms with Crippen molar-refractivity contribution in [3.63, 3.8) is 0 Å². The van der Waals surface area contributed by atoms with Gasteiger partial charge in [-0.1, -0.05) is 24.3 Å². The number of hydrogen-bond acceptors (Lipinski definition) is 2. The number of rotatable bonds is 0. The van der Waals surface area contributed by atoms with Gasteiger partial charge < -0.3 is 10.1 Å². The minimum Gasteiger partial charge on any atom is -0.457 e. The number of fused-ring (bicyclic) bond motifs is 2. The highest BCUT2D eigenvalue weighted by atomic mass is 16.5. The second kappa shape index (κ2) is 2.88. The Bertz CT molecular complexity index is 648. The van der Waals surface area contributed by atoms with Gasteiger partial charge in [-0.15, -0.1) is 0 Å². The summed E-state index contributed by atoms with van der Waals surface area (Å²) in [5.41, 5.74) is 2.72. The molecule has 1 unspecified atom stereocenters. The van der Waals surface area contributed by atoms with E-state index in [2.05, 4.69) is 5.32 Å². The molecule has 4 rings (SSSR count). The Morgan fingerprint density at radius 2 is 1.82 bits per heavy atom. The van der Waals surface area contributed by atoms with Gasteiger partial charge in [-0.2, -0.15) is 0 Å². The number of carbonyl (C=O) groups excluding carboxylic acids is 1. The van der Waals surface area contributed by atoms with Crippen LogP contribution in [-0.2, 0) is 0 Å². The maximum atomic E-state index is 11.9. The number of nitrogens with one attached hydrogen (secondary N) is 1. The molecule has 3 nitrogen and oxygen atoms in total. The molecule has 1 atom stereocenters. The second-order valence-corrected chi connectivity index (χ2v) is 4.26. The predicted molar refractivity (Wildman–Crippen MR) is 62.3 cm³/mol. The van der Waals surface area contributed by atoms with Crippen molar-refractivity contribution in [1.82, 2.24) is 5.32 Å². The number of ether oxygens (including phenoxy) is 1. The van der Waals surface area contributed by atoms with E-state index in [9.17, 15) is 4.79 Å². The first kappa shape index (κ1) is 8.82. The average molecular weight is 223 g/mol. The Balaban J connectivity index is 2.04. The van der Waals surface area contributed by atoms with Crippen molar-refractivity contribution in [2.24, 2.45) is 0 Å². The van der Waals surface area contributed by atoms with Crippen LogP contribution in [0.5, 0.6) is 11.5 Å². The molecule has 2 aromatic rings. The maximum absolute atomic E-state index is 11.9. The van der Waals surface area contributed by atoms with E-state index in [4.69, 9.17) is 4.74 Å². The van der Waals surface area contributed by atoms with E-state index >= 15 is 0 Å². The van der Waals surface area contributed by atoms with Gasteiger partial charge in [0.05, 0.1) is 6.04 Å². The fourth-order valence-corrected chi connectivity index (χ4v) is 2.57. The van der Waals surface area contributed by atoms with Crippen molar-refractivity contribution < 1.29 is 9.53 Å². The first-order chi connectivity index (χ1) is 8.34. The van der Waals surface area contributed by atoms with Crippen molar-refractivity contribution in [3.8, 4) is 11.5 Å². The number of para-hydroxylation sites is 1. The minimum absolute atomic E-state index is 0.0212. The van der Waals surface area contributed by atoms with Crippen molar-refractivity contribution in [2.45, 2.75) is 6.04 Å². The fourth-order valence-electron chi connectivity index (χ4n) is 2.57.